The zero-order valence-corrected chi connectivity index (χ0v) is 14.3. The molecule has 1 N–H and O–H groups in total. The normalized spacial score (nSPS) is 12.0. The number of unbranched alkanes of at least 4 members (excludes halogenated alkanes) is 8. The quantitative estimate of drug-likeness (QED) is 0.279. The van der Waals surface area contributed by atoms with Gasteiger partial charge in [-0.3, -0.25) is 4.79 Å². The summed E-state index contributed by atoms with van der Waals surface area (Å²) in [6.07, 6.45) is 26.4. The van der Waals surface area contributed by atoms with Crippen molar-refractivity contribution in [2.45, 2.75) is 84.0 Å². The molecular formula is C20H34O2. The van der Waals surface area contributed by atoms with Gasteiger partial charge in [0, 0.05) is 0 Å². The minimum atomic E-state index is -0.751. The van der Waals surface area contributed by atoms with E-state index in [1.165, 1.54) is 57.8 Å². The predicted molar refractivity (Wildman–Crippen MR) is 96.1 cm³/mol. The maximum absolute atomic E-state index is 10.3. The van der Waals surface area contributed by atoms with Crippen LogP contribution in [0.25, 0.3) is 0 Å². The molecular weight excluding hydrogens is 272 g/mol. The van der Waals surface area contributed by atoms with Crippen LogP contribution in [0.15, 0.2) is 36.5 Å². The molecule has 0 atom stereocenters. The second-order valence-electron chi connectivity index (χ2n) is 5.74. The number of carboxylic acids is 1. The van der Waals surface area contributed by atoms with Crippen LogP contribution < -0.4 is 0 Å². The molecule has 0 aromatic heterocycles. The monoisotopic (exact) mass is 306 g/mol. The third-order valence-corrected chi connectivity index (χ3v) is 3.53. The lowest BCUT2D eigenvalue weighted by atomic mass is 10.1. The molecule has 0 radical (unpaired) electrons. The third kappa shape index (κ3) is 18.7. The Morgan fingerprint density at radius 2 is 1.23 bits per heavy atom. The van der Waals surface area contributed by atoms with Crippen molar-refractivity contribution in [3.8, 4) is 0 Å². The van der Waals surface area contributed by atoms with Crippen molar-refractivity contribution in [2.75, 3.05) is 0 Å². The highest BCUT2D eigenvalue weighted by molar-refractivity contribution is 5.68. The maximum atomic E-state index is 10.3. The van der Waals surface area contributed by atoms with Gasteiger partial charge in [-0.05, 0) is 44.9 Å². The maximum Gasteiger partial charge on any atom is 0.307 e. The molecule has 0 heterocycles. The van der Waals surface area contributed by atoms with E-state index in [2.05, 4.69) is 31.2 Å². The summed E-state index contributed by atoms with van der Waals surface area (Å²) in [5.74, 6) is -0.751. The lowest BCUT2D eigenvalue weighted by molar-refractivity contribution is -0.136. The van der Waals surface area contributed by atoms with Gasteiger partial charge in [0.15, 0.2) is 0 Å². The SMILES string of the molecule is CCCCC/C=C/C/C=C/CCCCCC/C=C/CC(=O)O. The van der Waals surface area contributed by atoms with Gasteiger partial charge < -0.3 is 5.11 Å². The van der Waals surface area contributed by atoms with Crippen LogP contribution in [0.1, 0.15) is 84.0 Å². The van der Waals surface area contributed by atoms with Crippen LogP contribution in [0.4, 0.5) is 0 Å². The minimum absolute atomic E-state index is 0.151. The van der Waals surface area contributed by atoms with Crippen molar-refractivity contribution >= 4 is 5.97 Å². The highest BCUT2D eigenvalue weighted by Crippen LogP contribution is 2.07. The molecule has 0 spiro atoms. The molecule has 0 aromatic rings. The van der Waals surface area contributed by atoms with Gasteiger partial charge >= 0.3 is 5.97 Å². The van der Waals surface area contributed by atoms with E-state index < -0.39 is 5.97 Å². The van der Waals surface area contributed by atoms with Gasteiger partial charge in [0.1, 0.15) is 0 Å². The first-order chi connectivity index (χ1) is 10.8. The van der Waals surface area contributed by atoms with Gasteiger partial charge in [0.2, 0.25) is 0 Å². The number of hydrogen-bond donors (Lipinski definition) is 1. The molecule has 2 heteroatoms. The van der Waals surface area contributed by atoms with E-state index in [4.69, 9.17) is 5.11 Å². The van der Waals surface area contributed by atoms with Crippen molar-refractivity contribution in [1.29, 1.82) is 0 Å². The van der Waals surface area contributed by atoms with Gasteiger partial charge in [-0.25, -0.2) is 0 Å². The summed E-state index contributed by atoms with van der Waals surface area (Å²) in [5.41, 5.74) is 0. The fourth-order valence-corrected chi connectivity index (χ4v) is 2.20. The molecule has 0 aliphatic heterocycles. The van der Waals surface area contributed by atoms with Crippen molar-refractivity contribution in [2.24, 2.45) is 0 Å². The molecule has 2 nitrogen and oxygen atoms in total. The van der Waals surface area contributed by atoms with Crippen LogP contribution in [-0.2, 0) is 4.79 Å². The van der Waals surface area contributed by atoms with E-state index in [1.807, 2.05) is 6.08 Å². The van der Waals surface area contributed by atoms with E-state index in [9.17, 15) is 4.79 Å². The van der Waals surface area contributed by atoms with Gasteiger partial charge in [0.25, 0.3) is 0 Å². The first-order valence-electron chi connectivity index (χ1n) is 8.94. The first-order valence-corrected chi connectivity index (χ1v) is 8.94. The van der Waals surface area contributed by atoms with Crippen LogP contribution in [0.5, 0.6) is 0 Å². The summed E-state index contributed by atoms with van der Waals surface area (Å²) in [7, 11) is 0. The Morgan fingerprint density at radius 3 is 1.73 bits per heavy atom. The predicted octanol–water partition coefficient (Wildman–Crippen LogP) is 6.44. The summed E-state index contributed by atoms with van der Waals surface area (Å²) in [5, 5.41) is 8.48. The zero-order chi connectivity index (χ0) is 16.3. The number of carbonyl (C=O) groups is 1. The molecule has 0 aromatic carbocycles. The van der Waals surface area contributed by atoms with E-state index in [1.54, 1.807) is 6.08 Å². The third-order valence-electron chi connectivity index (χ3n) is 3.53. The molecule has 0 fully saturated rings. The summed E-state index contributed by atoms with van der Waals surface area (Å²) in [6, 6.07) is 0. The highest BCUT2D eigenvalue weighted by Gasteiger charge is 1.90. The van der Waals surface area contributed by atoms with Crippen molar-refractivity contribution in [1.82, 2.24) is 0 Å². The Kier molecular flexibility index (Phi) is 16.7. The largest absolute Gasteiger partial charge is 0.481 e. The van der Waals surface area contributed by atoms with E-state index in [-0.39, 0.29) is 6.42 Å². The Hall–Kier alpha value is -1.31. The topological polar surface area (TPSA) is 37.3 Å². The summed E-state index contributed by atoms with van der Waals surface area (Å²) < 4.78 is 0. The fraction of sp³-hybridized carbons (Fsp3) is 0.650. The molecule has 0 aliphatic carbocycles. The Bertz CT molecular complexity index is 327. The minimum Gasteiger partial charge on any atom is -0.481 e. The van der Waals surface area contributed by atoms with E-state index >= 15 is 0 Å². The van der Waals surface area contributed by atoms with Crippen LogP contribution in [0.3, 0.4) is 0 Å². The Balaban J connectivity index is 3.23. The number of allylic oxidation sites excluding steroid dienone is 5. The van der Waals surface area contributed by atoms with Gasteiger partial charge in [0.05, 0.1) is 6.42 Å². The zero-order valence-electron chi connectivity index (χ0n) is 14.3. The molecule has 0 saturated heterocycles. The second-order valence-corrected chi connectivity index (χ2v) is 5.74. The lowest BCUT2D eigenvalue weighted by Gasteiger charge is -1.96. The number of aliphatic carboxylic acids is 1. The summed E-state index contributed by atoms with van der Waals surface area (Å²) in [6.45, 7) is 2.24. The first kappa shape index (κ1) is 20.7. The molecule has 0 bridgehead atoms. The average molecular weight is 306 g/mol. The van der Waals surface area contributed by atoms with Crippen LogP contribution >= 0.6 is 0 Å². The van der Waals surface area contributed by atoms with Gasteiger partial charge in [-0.2, -0.15) is 0 Å². The molecule has 0 unspecified atom stereocenters. The molecule has 0 saturated carbocycles. The second kappa shape index (κ2) is 17.7. The van der Waals surface area contributed by atoms with Crippen molar-refractivity contribution in [3.05, 3.63) is 36.5 Å². The van der Waals surface area contributed by atoms with Crippen LogP contribution in [0, 0.1) is 0 Å². The number of rotatable bonds is 15. The standard InChI is InChI=1S/C20H34O2/c1-2-3-4-5-6-7-8-9-10-11-12-13-14-15-16-17-18-19-20(21)22/h6-7,9-10,17-18H,2-5,8,11-16,19H2,1H3,(H,21,22)/b7-6+,10-9+,18-17+. The number of hydrogen-bond acceptors (Lipinski definition) is 1. The molecule has 22 heavy (non-hydrogen) atoms. The Morgan fingerprint density at radius 1 is 0.727 bits per heavy atom. The molecule has 0 aliphatic rings. The van der Waals surface area contributed by atoms with Crippen LogP contribution in [0.2, 0.25) is 0 Å². The average Bonchev–Trinajstić information content (AvgIpc) is 2.50. The molecule has 0 amide bonds. The van der Waals surface area contributed by atoms with Crippen LogP contribution in [-0.4, -0.2) is 11.1 Å². The lowest BCUT2D eigenvalue weighted by Crippen LogP contribution is -1.89. The highest BCUT2D eigenvalue weighted by atomic mass is 16.4. The van der Waals surface area contributed by atoms with Gasteiger partial charge in [-0.15, -0.1) is 0 Å². The van der Waals surface area contributed by atoms with E-state index in [0.717, 1.165) is 12.8 Å². The molecule has 0 rings (SSSR count). The Labute approximate surface area is 137 Å². The van der Waals surface area contributed by atoms with Crippen molar-refractivity contribution < 1.29 is 9.90 Å². The summed E-state index contributed by atoms with van der Waals surface area (Å²) in [4.78, 5) is 10.3. The number of carboxylic acid groups (broad SMARTS) is 1. The fourth-order valence-electron chi connectivity index (χ4n) is 2.20. The van der Waals surface area contributed by atoms with Crippen molar-refractivity contribution in [3.63, 3.8) is 0 Å². The van der Waals surface area contributed by atoms with E-state index in [0.29, 0.717) is 0 Å². The smallest absolute Gasteiger partial charge is 0.307 e. The molecule has 126 valence electrons. The van der Waals surface area contributed by atoms with Gasteiger partial charge in [-0.1, -0.05) is 69.1 Å². The summed E-state index contributed by atoms with van der Waals surface area (Å²) >= 11 is 0.